The Balaban J connectivity index is 1.68. The molecule has 1 saturated heterocycles. The number of para-hydroxylation sites is 1. The number of carboxylic acid groups (broad SMARTS) is 1. The van der Waals surface area contributed by atoms with Crippen LogP contribution in [-0.2, 0) is 20.7 Å². The van der Waals surface area contributed by atoms with Gasteiger partial charge in [0, 0.05) is 37.8 Å². The predicted octanol–water partition coefficient (Wildman–Crippen LogP) is 3.58. The van der Waals surface area contributed by atoms with Gasteiger partial charge in [0.1, 0.15) is 11.6 Å². The molecule has 1 aromatic carbocycles. The van der Waals surface area contributed by atoms with E-state index in [-0.39, 0.29) is 30.0 Å². The summed E-state index contributed by atoms with van der Waals surface area (Å²) in [6, 6.07) is 8.23. The van der Waals surface area contributed by atoms with E-state index >= 15 is 0 Å². The Morgan fingerprint density at radius 1 is 1.23 bits per heavy atom. The van der Waals surface area contributed by atoms with Gasteiger partial charge in [-0.1, -0.05) is 24.3 Å². The summed E-state index contributed by atoms with van der Waals surface area (Å²) in [4.78, 5) is 32.5. The zero-order chi connectivity index (χ0) is 32.2. The molecule has 2 unspecified atom stereocenters. The van der Waals surface area contributed by atoms with E-state index in [4.69, 9.17) is 9.47 Å². The van der Waals surface area contributed by atoms with E-state index in [0.717, 1.165) is 0 Å². The van der Waals surface area contributed by atoms with E-state index in [1.807, 2.05) is 4.90 Å². The van der Waals surface area contributed by atoms with Crippen LogP contribution in [0.2, 0.25) is 0 Å². The number of aliphatic hydroxyl groups is 1. The van der Waals surface area contributed by atoms with E-state index in [1.165, 1.54) is 16.6 Å². The molecule has 2 aromatic heterocycles. The Labute approximate surface area is 257 Å². The third kappa shape index (κ3) is 7.74. The standard InChI is InChI=1S/C32H43N5O7/c1-7-16-43-32(6)12-14-36(15-13-32)29-26(27(30(41)42)44-31(3,4)5)20(2)34-25-18-23(35-37(25)29)28(40)33-19-22(38)17-21-10-8-9-11-24(21)39/h7-11,18,22,27,38-39H,1,12-17,19H2,2-6H3,(H,33,40)(H,41,42). The predicted molar refractivity (Wildman–Crippen MR) is 165 cm³/mol. The van der Waals surface area contributed by atoms with Gasteiger partial charge in [0.05, 0.1) is 29.5 Å². The number of anilines is 1. The van der Waals surface area contributed by atoms with Gasteiger partial charge in [0.15, 0.2) is 17.4 Å². The van der Waals surface area contributed by atoms with E-state index < -0.39 is 29.7 Å². The fraction of sp³-hybridized carbons (Fsp3) is 0.500. The lowest BCUT2D eigenvalue weighted by Gasteiger charge is -2.41. The number of hydrogen-bond acceptors (Lipinski definition) is 9. The number of fused-ring (bicyclic) bond motifs is 1. The molecule has 1 amide bonds. The Kier molecular flexibility index (Phi) is 9.97. The van der Waals surface area contributed by atoms with Crippen molar-refractivity contribution in [1.29, 1.82) is 0 Å². The summed E-state index contributed by atoms with van der Waals surface area (Å²) in [5.41, 5.74) is 0.674. The smallest absolute Gasteiger partial charge is 0.337 e. The highest BCUT2D eigenvalue weighted by atomic mass is 16.5. The highest BCUT2D eigenvalue weighted by molar-refractivity contribution is 5.93. The van der Waals surface area contributed by atoms with Crippen LogP contribution in [0.5, 0.6) is 5.75 Å². The number of amides is 1. The molecule has 3 aromatic rings. The third-order valence-corrected chi connectivity index (χ3v) is 7.61. The Morgan fingerprint density at radius 3 is 2.52 bits per heavy atom. The summed E-state index contributed by atoms with van der Waals surface area (Å²) in [5.74, 6) is -1.12. The quantitative estimate of drug-likeness (QED) is 0.224. The molecule has 44 heavy (non-hydrogen) atoms. The van der Waals surface area contributed by atoms with Gasteiger partial charge in [0.25, 0.3) is 5.91 Å². The van der Waals surface area contributed by atoms with Gasteiger partial charge in [-0.2, -0.15) is 9.61 Å². The van der Waals surface area contributed by atoms with Gasteiger partial charge in [-0.3, -0.25) is 4.79 Å². The van der Waals surface area contributed by atoms with Crippen molar-refractivity contribution in [2.24, 2.45) is 0 Å². The first-order chi connectivity index (χ1) is 20.7. The van der Waals surface area contributed by atoms with E-state index in [0.29, 0.717) is 60.8 Å². The molecule has 4 rings (SSSR count). The SMILES string of the molecule is C=CCOC1(C)CCN(c2c(C(OC(C)(C)C)C(=O)O)c(C)nc3cc(C(=O)NCC(O)Cc4ccccc4O)nn23)CC1. The average molecular weight is 610 g/mol. The van der Waals surface area contributed by atoms with Crippen molar-refractivity contribution in [1.82, 2.24) is 19.9 Å². The minimum Gasteiger partial charge on any atom is -0.508 e. The van der Waals surface area contributed by atoms with Crippen molar-refractivity contribution in [3.8, 4) is 5.75 Å². The number of carboxylic acids is 1. The van der Waals surface area contributed by atoms with E-state index in [2.05, 4.69) is 28.9 Å². The van der Waals surface area contributed by atoms with Gasteiger partial charge in [0.2, 0.25) is 0 Å². The van der Waals surface area contributed by atoms with E-state index in [1.54, 1.807) is 52.0 Å². The molecule has 4 N–H and O–H groups in total. The minimum absolute atomic E-state index is 0.0600. The second-order valence-electron chi connectivity index (χ2n) is 12.4. The number of aryl methyl sites for hydroxylation is 1. The van der Waals surface area contributed by atoms with Gasteiger partial charge < -0.3 is 35.0 Å². The molecule has 12 heteroatoms. The first kappa shape index (κ1) is 32.9. The van der Waals surface area contributed by atoms with Crippen LogP contribution in [0.3, 0.4) is 0 Å². The zero-order valence-corrected chi connectivity index (χ0v) is 26.0. The number of rotatable bonds is 12. The second kappa shape index (κ2) is 13.3. The number of nitrogens with zero attached hydrogens (tertiary/aromatic N) is 4. The van der Waals surface area contributed by atoms with E-state index in [9.17, 15) is 24.9 Å². The third-order valence-electron chi connectivity index (χ3n) is 7.61. The number of aliphatic carboxylic acids is 1. The van der Waals surface area contributed by atoms with Crippen molar-refractivity contribution in [2.75, 3.05) is 31.1 Å². The molecule has 0 saturated carbocycles. The van der Waals surface area contributed by atoms with Crippen LogP contribution in [0.15, 0.2) is 43.0 Å². The first-order valence-corrected chi connectivity index (χ1v) is 14.7. The second-order valence-corrected chi connectivity index (χ2v) is 12.4. The van der Waals surface area contributed by atoms with Crippen molar-refractivity contribution in [2.45, 2.75) is 77.3 Å². The summed E-state index contributed by atoms with van der Waals surface area (Å²) in [7, 11) is 0. The Morgan fingerprint density at radius 2 is 1.91 bits per heavy atom. The molecule has 0 spiro atoms. The van der Waals surface area contributed by atoms with Crippen molar-refractivity contribution < 1.29 is 34.4 Å². The molecule has 238 valence electrons. The lowest BCUT2D eigenvalue weighted by molar-refractivity contribution is -0.160. The number of hydrogen-bond donors (Lipinski definition) is 4. The fourth-order valence-electron chi connectivity index (χ4n) is 5.33. The molecule has 0 aliphatic carbocycles. The van der Waals surface area contributed by atoms with Gasteiger partial charge >= 0.3 is 5.97 Å². The summed E-state index contributed by atoms with van der Waals surface area (Å²) < 4.78 is 13.6. The molecule has 2 atom stereocenters. The van der Waals surface area contributed by atoms with Crippen LogP contribution in [0, 0.1) is 6.92 Å². The summed E-state index contributed by atoms with van der Waals surface area (Å²) >= 11 is 0. The lowest BCUT2D eigenvalue weighted by atomic mass is 9.92. The Hall–Kier alpha value is -4.00. The average Bonchev–Trinajstić information content (AvgIpc) is 3.38. The van der Waals surface area contributed by atoms with Gasteiger partial charge in [-0.25, -0.2) is 9.78 Å². The van der Waals surface area contributed by atoms with Crippen LogP contribution in [0.4, 0.5) is 5.82 Å². The summed E-state index contributed by atoms with van der Waals surface area (Å²) in [5, 5.41) is 38.1. The molecule has 1 fully saturated rings. The molecule has 3 heterocycles. The van der Waals surface area contributed by atoms with Gasteiger partial charge in [-0.15, -0.1) is 6.58 Å². The molecule has 12 nitrogen and oxygen atoms in total. The van der Waals surface area contributed by atoms with Crippen molar-refractivity contribution in [3.63, 3.8) is 0 Å². The Bertz CT molecular complexity index is 1500. The molecule has 0 radical (unpaired) electrons. The number of piperidine rings is 1. The van der Waals surface area contributed by atoms with Crippen molar-refractivity contribution >= 4 is 23.3 Å². The number of phenols is 1. The summed E-state index contributed by atoms with van der Waals surface area (Å²) in [6.45, 7) is 14.3. The maximum absolute atomic E-state index is 13.2. The number of benzene rings is 1. The number of aliphatic hydroxyl groups excluding tert-OH is 1. The maximum atomic E-state index is 13.2. The summed E-state index contributed by atoms with van der Waals surface area (Å²) in [6.07, 6.45) is 0.936. The number of carbonyl (C=O) groups excluding carboxylic acids is 1. The number of carbonyl (C=O) groups is 2. The highest BCUT2D eigenvalue weighted by Gasteiger charge is 2.38. The molecule has 0 bridgehead atoms. The number of ether oxygens (including phenoxy) is 2. The number of aromatic nitrogens is 3. The normalized spacial score (nSPS) is 16.5. The van der Waals surface area contributed by atoms with Crippen LogP contribution in [-0.4, -0.2) is 85.3 Å². The van der Waals surface area contributed by atoms with Crippen LogP contribution >= 0.6 is 0 Å². The molecule has 1 aliphatic heterocycles. The number of nitrogens with one attached hydrogen (secondary N) is 1. The van der Waals surface area contributed by atoms with Crippen LogP contribution < -0.4 is 10.2 Å². The number of aromatic hydroxyl groups is 1. The number of phenolic OH excluding ortho intramolecular Hbond substituents is 1. The fourth-order valence-corrected chi connectivity index (χ4v) is 5.33. The topological polar surface area (TPSA) is 159 Å². The minimum atomic E-state index is -1.33. The molecular formula is C32H43N5O7. The van der Waals surface area contributed by atoms with Crippen LogP contribution in [0.1, 0.15) is 73.9 Å². The highest BCUT2D eigenvalue weighted by Crippen LogP contribution is 2.37. The van der Waals surface area contributed by atoms with Gasteiger partial charge in [-0.05, 0) is 59.1 Å². The monoisotopic (exact) mass is 609 g/mol. The largest absolute Gasteiger partial charge is 0.508 e. The van der Waals surface area contributed by atoms with Crippen LogP contribution in [0.25, 0.3) is 5.65 Å². The molecular weight excluding hydrogens is 566 g/mol. The van der Waals surface area contributed by atoms with Crippen molar-refractivity contribution in [3.05, 3.63) is 65.5 Å². The lowest BCUT2D eigenvalue weighted by Crippen LogP contribution is -2.45. The maximum Gasteiger partial charge on any atom is 0.337 e. The molecule has 1 aliphatic rings. The zero-order valence-electron chi connectivity index (χ0n) is 26.0. The first-order valence-electron chi connectivity index (χ1n) is 14.7.